The predicted molar refractivity (Wildman–Crippen MR) is 61.7 cm³/mol. The lowest BCUT2D eigenvalue weighted by molar-refractivity contribution is -0.136. The number of fused-ring (bicyclic) bond motifs is 1. The Hall–Kier alpha value is -2.14. The molecule has 2 aromatic rings. The van der Waals surface area contributed by atoms with Gasteiger partial charge in [0.15, 0.2) is 0 Å². The molecular weight excluding hydrogens is 222 g/mol. The van der Waals surface area contributed by atoms with Gasteiger partial charge in [-0.3, -0.25) is 4.79 Å². The molecule has 3 N–H and O–H groups in total. The van der Waals surface area contributed by atoms with Crippen LogP contribution < -0.4 is 11.4 Å². The van der Waals surface area contributed by atoms with Crippen molar-refractivity contribution in [3.63, 3.8) is 0 Å². The van der Waals surface area contributed by atoms with Gasteiger partial charge < -0.3 is 15.3 Å². The Kier molecular flexibility index (Phi) is 2.93. The zero-order chi connectivity index (χ0) is 12.4. The molecule has 0 spiro atoms. The zero-order valence-electron chi connectivity index (χ0n) is 8.97. The maximum atomic E-state index is 11.7. The molecule has 1 aromatic carbocycles. The molecule has 0 atom stereocenters. The van der Waals surface area contributed by atoms with Crippen LogP contribution in [0.5, 0.6) is 0 Å². The van der Waals surface area contributed by atoms with Gasteiger partial charge >= 0.3 is 11.6 Å². The van der Waals surface area contributed by atoms with Gasteiger partial charge in [-0.25, -0.2) is 4.79 Å². The zero-order valence-corrected chi connectivity index (χ0v) is 8.97. The highest BCUT2D eigenvalue weighted by molar-refractivity contribution is 5.82. The maximum Gasteiger partial charge on any atom is 0.340 e. The fraction of sp³-hybridized carbons (Fsp3) is 0.167. The van der Waals surface area contributed by atoms with E-state index in [1.807, 2.05) is 0 Å². The minimum atomic E-state index is -1.08. The number of carbonyl (C=O) groups is 1. The van der Waals surface area contributed by atoms with Gasteiger partial charge in [0.2, 0.25) is 0 Å². The van der Waals surface area contributed by atoms with Gasteiger partial charge in [-0.05, 0) is 11.6 Å². The second-order valence-electron chi connectivity index (χ2n) is 3.62. The number of hydrogen-bond acceptors (Lipinski definition) is 4. The van der Waals surface area contributed by atoms with Crippen molar-refractivity contribution in [3.8, 4) is 0 Å². The Morgan fingerprint density at radius 2 is 2.00 bits per heavy atom. The maximum absolute atomic E-state index is 11.7. The van der Waals surface area contributed by atoms with E-state index in [9.17, 15) is 9.59 Å². The lowest BCUT2D eigenvalue weighted by atomic mass is 10.0. The van der Waals surface area contributed by atoms with Crippen molar-refractivity contribution in [1.29, 1.82) is 0 Å². The van der Waals surface area contributed by atoms with E-state index in [1.54, 1.807) is 24.3 Å². The van der Waals surface area contributed by atoms with Crippen molar-refractivity contribution >= 4 is 16.9 Å². The van der Waals surface area contributed by atoms with E-state index in [4.69, 9.17) is 15.3 Å². The molecule has 0 saturated carbocycles. The van der Waals surface area contributed by atoms with Crippen LogP contribution >= 0.6 is 0 Å². The summed E-state index contributed by atoms with van der Waals surface area (Å²) in [5.41, 5.74) is 6.04. The lowest BCUT2D eigenvalue weighted by Gasteiger charge is -2.07. The molecule has 1 aromatic heterocycles. The molecule has 0 fully saturated rings. The third kappa shape index (κ3) is 2.05. The van der Waals surface area contributed by atoms with Crippen molar-refractivity contribution in [1.82, 2.24) is 0 Å². The third-order valence-corrected chi connectivity index (χ3v) is 2.56. The highest BCUT2D eigenvalue weighted by Gasteiger charge is 2.15. The monoisotopic (exact) mass is 233 g/mol. The number of rotatable bonds is 3. The van der Waals surface area contributed by atoms with Crippen molar-refractivity contribution in [3.05, 3.63) is 45.8 Å². The summed E-state index contributed by atoms with van der Waals surface area (Å²) >= 11 is 0. The van der Waals surface area contributed by atoms with Gasteiger partial charge in [-0.2, -0.15) is 0 Å². The number of aliphatic carboxylic acids is 1. The molecule has 2 rings (SSSR count). The molecule has 0 aliphatic heterocycles. The summed E-state index contributed by atoms with van der Waals surface area (Å²) in [5.74, 6) is -1.08. The van der Waals surface area contributed by atoms with Crippen LogP contribution in [0.15, 0.2) is 33.5 Å². The summed E-state index contributed by atoms with van der Waals surface area (Å²) < 4.78 is 5.06. The van der Waals surface area contributed by atoms with Crippen LogP contribution in [0, 0.1) is 0 Å². The number of para-hydroxylation sites is 1. The van der Waals surface area contributed by atoms with Crippen molar-refractivity contribution in [2.45, 2.75) is 13.0 Å². The van der Waals surface area contributed by atoms with Crippen molar-refractivity contribution < 1.29 is 14.3 Å². The molecule has 0 aliphatic rings. The van der Waals surface area contributed by atoms with Gasteiger partial charge in [0.05, 0.1) is 12.0 Å². The van der Waals surface area contributed by atoms with Crippen LogP contribution in [-0.4, -0.2) is 11.1 Å². The van der Waals surface area contributed by atoms with Gasteiger partial charge in [0, 0.05) is 11.9 Å². The molecule has 1 heterocycles. The Balaban J connectivity index is 2.78. The first-order valence-electron chi connectivity index (χ1n) is 5.09. The van der Waals surface area contributed by atoms with Crippen LogP contribution in [0.4, 0.5) is 0 Å². The fourth-order valence-corrected chi connectivity index (χ4v) is 1.82. The van der Waals surface area contributed by atoms with Crippen LogP contribution in [0.3, 0.4) is 0 Å². The number of carboxylic acid groups (broad SMARTS) is 1. The van der Waals surface area contributed by atoms with Crippen LogP contribution in [-0.2, 0) is 17.8 Å². The van der Waals surface area contributed by atoms with E-state index in [1.165, 1.54) is 0 Å². The van der Waals surface area contributed by atoms with Gasteiger partial charge in [-0.15, -0.1) is 0 Å². The highest BCUT2D eigenvalue weighted by Crippen LogP contribution is 2.19. The molecule has 0 saturated heterocycles. The summed E-state index contributed by atoms with van der Waals surface area (Å²) in [6.45, 7) is 0.106. The molecule has 0 unspecified atom stereocenters. The van der Waals surface area contributed by atoms with E-state index < -0.39 is 11.6 Å². The average molecular weight is 233 g/mol. The first-order valence-corrected chi connectivity index (χ1v) is 5.09. The summed E-state index contributed by atoms with van der Waals surface area (Å²) in [7, 11) is 0. The molecular formula is C12H11NO4. The molecule has 0 aliphatic carbocycles. The Morgan fingerprint density at radius 3 is 2.65 bits per heavy atom. The molecule has 0 bridgehead atoms. The van der Waals surface area contributed by atoms with Crippen LogP contribution in [0.2, 0.25) is 0 Å². The van der Waals surface area contributed by atoms with Crippen LogP contribution in [0.25, 0.3) is 11.0 Å². The molecule has 88 valence electrons. The fourth-order valence-electron chi connectivity index (χ4n) is 1.82. The molecule has 17 heavy (non-hydrogen) atoms. The van der Waals surface area contributed by atoms with E-state index >= 15 is 0 Å². The van der Waals surface area contributed by atoms with E-state index in [-0.39, 0.29) is 18.5 Å². The summed E-state index contributed by atoms with van der Waals surface area (Å²) in [5, 5.41) is 9.45. The number of nitrogens with two attached hydrogens (primary N) is 1. The Bertz CT molecular complexity index is 630. The molecule has 5 nitrogen and oxygen atoms in total. The molecule has 5 heteroatoms. The van der Waals surface area contributed by atoms with E-state index in [0.29, 0.717) is 16.5 Å². The van der Waals surface area contributed by atoms with E-state index in [2.05, 4.69) is 0 Å². The number of carboxylic acids is 1. The third-order valence-electron chi connectivity index (χ3n) is 2.56. The first-order chi connectivity index (χ1) is 8.13. The molecule has 0 amide bonds. The lowest BCUT2D eigenvalue weighted by Crippen LogP contribution is -2.18. The second kappa shape index (κ2) is 4.39. The smallest absolute Gasteiger partial charge is 0.340 e. The Morgan fingerprint density at radius 1 is 1.29 bits per heavy atom. The number of benzene rings is 1. The second-order valence-corrected chi connectivity index (χ2v) is 3.62. The summed E-state index contributed by atoms with van der Waals surface area (Å²) in [6, 6.07) is 6.93. The predicted octanol–water partition coefficient (Wildman–Crippen LogP) is 0.879. The largest absolute Gasteiger partial charge is 0.481 e. The van der Waals surface area contributed by atoms with Crippen molar-refractivity contribution in [2.24, 2.45) is 5.73 Å². The normalized spacial score (nSPS) is 10.6. The Labute approximate surface area is 96.5 Å². The van der Waals surface area contributed by atoms with E-state index in [0.717, 1.165) is 0 Å². The highest BCUT2D eigenvalue weighted by atomic mass is 16.4. The van der Waals surface area contributed by atoms with Gasteiger partial charge in [-0.1, -0.05) is 18.2 Å². The average Bonchev–Trinajstić information content (AvgIpc) is 2.29. The first kappa shape index (κ1) is 11.3. The topological polar surface area (TPSA) is 93.5 Å². The standard InChI is InChI=1S/C12H11NO4/c13-6-9-7-3-1-2-4-10(7)17-12(16)8(9)5-11(14)15/h1-4H,5-6,13H2,(H,14,15). The van der Waals surface area contributed by atoms with Crippen molar-refractivity contribution in [2.75, 3.05) is 0 Å². The SMILES string of the molecule is NCc1c(CC(=O)O)c(=O)oc2ccccc12. The summed E-state index contributed by atoms with van der Waals surface area (Å²) in [6.07, 6.45) is -0.375. The summed E-state index contributed by atoms with van der Waals surface area (Å²) in [4.78, 5) is 22.4. The van der Waals surface area contributed by atoms with Gasteiger partial charge in [0.25, 0.3) is 0 Å². The molecule has 0 radical (unpaired) electrons. The quantitative estimate of drug-likeness (QED) is 0.767. The minimum Gasteiger partial charge on any atom is -0.481 e. The van der Waals surface area contributed by atoms with Crippen LogP contribution in [0.1, 0.15) is 11.1 Å². The number of hydrogen-bond donors (Lipinski definition) is 2. The minimum absolute atomic E-state index is 0.106. The van der Waals surface area contributed by atoms with Gasteiger partial charge in [0.1, 0.15) is 5.58 Å².